The van der Waals surface area contributed by atoms with E-state index in [1.165, 1.54) is 17.8 Å². The van der Waals surface area contributed by atoms with Crippen LogP contribution in [0.5, 0.6) is 0 Å². The Morgan fingerprint density at radius 2 is 1.88 bits per heavy atom. The van der Waals surface area contributed by atoms with Gasteiger partial charge in [0.25, 0.3) is 0 Å². The minimum atomic E-state index is -0.831. The van der Waals surface area contributed by atoms with Crippen molar-refractivity contribution in [2.45, 2.75) is 16.8 Å². The maximum atomic E-state index is 14.2. The second-order valence-corrected chi connectivity index (χ2v) is 6.99. The molecule has 3 aromatic rings. The average molecular weight is 394 g/mol. The molecule has 1 amide bonds. The third-order valence-corrected chi connectivity index (χ3v) is 5.09. The van der Waals surface area contributed by atoms with Gasteiger partial charge in [0.15, 0.2) is 0 Å². The van der Waals surface area contributed by atoms with E-state index in [1.54, 1.807) is 30.8 Å². The van der Waals surface area contributed by atoms with Crippen molar-refractivity contribution in [3.63, 3.8) is 0 Å². The molecule has 0 unspecified atom stereocenters. The number of hydrogen-bond donors (Lipinski definition) is 0. The Balaban J connectivity index is 2.08. The van der Waals surface area contributed by atoms with E-state index < -0.39 is 11.6 Å². The van der Waals surface area contributed by atoms with E-state index >= 15 is 0 Å². The fraction of sp³-hybridized carbons (Fsp3) is 0.111. The summed E-state index contributed by atoms with van der Waals surface area (Å²) in [4.78, 5) is 13.8. The van der Waals surface area contributed by atoms with Crippen molar-refractivity contribution in [3.05, 3.63) is 64.8 Å². The molecule has 0 saturated carbocycles. The summed E-state index contributed by atoms with van der Waals surface area (Å²) in [6.07, 6.45) is 0.492. The molecule has 1 aromatic heterocycles. The number of rotatable bonds is 5. The van der Waals surface area contributed by atoms with Gasteiger partial charge in [0, 0.05) is 23.0 Å². The Morgan fingerprint density at radius 1 is 1.19 bits per heavy atom. The Morgan fingerprint density at radius 3 is 2.50 bits per heavy atom. The molecule has 26 heavy (non-hydrogen) atoms. The van der Waals surface area contributed by atoms with Crippen molar-refractivity contribution in [3.8, 4) is 0 Å². The molecule has 0 bridgehead atoms. The number of amides is 1. The van der Waals surface area contributed by atoms with Gasteiger partial charge in [-0.1, -0.05) is 23.4 Å². The average Bonchev–Trinajstić information content (AvgIpc) is 2.86. The number of halogens is 3. The van der Waals surface area contributed by atoms with Crippen LogP contribution in [0.1, 0.15) is 5.69 Å². The van der Waals surface area contributed by atoms with E-state index in [0.29, 0.717) is 27.8 Å². The molecule has 0 aliphatic carbocycles. The maximum Gasteiger partial charge on any atom is 0.218 e. The molecule has 3 rings (SSSR count). The predicted molar refractivity (Wildman–Crippen MR) is 98.1 cm³/mol. The summed E-state index contributed by atoms with van der Waals surface area (Å²) in [6.45, 7) is 1.72. The molecular weight excluding hydrogens is 380 g/mol. The van der Waals surface area contributed by atoms with E-state index in [2.05, 4.69) is 5.10 Å². The fourth-order valence-corrected chi connectivity index (χ4v) is 3.68. The van der Waals surface area contributed by atoms with Gasteiger partial charge in [0.2, 0.25) is 6.41 Å². The van der Waals surface area contributed by atoms with Gasteiger partial charge in [-0.25, -0.2) is 8.78 Å². The molecule has 2 aromatic carbocycles. The first-order valence-corrected chi connectivity index (χ1v) is 8.76. The highest BCUT2D eigenvalue weighted by Gasteiger charge is 2.24. The van der Waals surface area contributed by atoms with Crippen LogP contribution in [0.25, 0.3) is 0 Å². The minimum Gasteiger partial charge on any atom is -0.278 e. The Bertz CT molecular complexity index is 960. The quantitative estimate of drug-likeness (QED) is 0.565. The zero-order chi connectivity index (χ0) is 18.8. The molecule has 0 spiro atoms. The minimum absolute atomic E-state index is 0.0459. The smallest absolute Gasteiger partial charge is 0.218 e. The summed E-state index contributed by atoms with van der Waals surface area (Å²) in [6, 6.07) is 10.2. The Labute approximate surface area is 158 Å². The summed E-state index contributed by atoms with van der Waals surface area (Å²) in [7, 11) is 1.73. The van der Waals surface area contributed by atoms with Crippen molar-refractivity contribution in [2.24, 2.45) is 7.05 Å². The van der Waals surface area contributed by atoms with E-state index in [9.17, 15) is 13.6 Å². The summed E-state index contributed by atoms with van der Waals surface area (Å²) < 4.78 is 29.1. The normalized spacial score (nSPS) is 10.8. The molecule has 0 aliphatic heterocycles. The monoisotopic (exact) mass is 393 g/mol. The summed E-state index contributed by atoms with van der Waals surface area (Å²) in [5.41, 5.74) is 0.934. The zero-order valence-corrected chi connectivity index (χ0v) is 15.5. The number of anilines is 2. The van der Waals surface area contributed by atoms with Gasteiger partial charge in [-0.15, -0.1) is 0 Å². The molecule has 0 fully saturated rings. The molecular formula is C18H14ClF2N3OS. The lowest BCUT2D eigenvalue weighted by Crippen LogP contribution is -2.17. The van der Waals surface area contributed by atoms with Gasteiger partial charge in [0.1, 0.15) is 22.3 Å². The summed E-state index contributed by atoms with van der Waals surface area (Å²) in [5.74, 6) is -1.54. The third kappa shape index (κ3) is 3.59. The second kappa shape index (κ2) is 7.47. The van der Waals surface area contributed by atoms with Gasteiger partial charge in [-0.2, -0.15) is 5.10 Å². The molecule has 0 radical (unpaired) electrons. The van der Waals surface area contributed by atoms with Crippen LogP contribution in [0.2, 0.25) is 5.02 Å². The molecule has 0 saturated heterocycles. The summed E-state index contributed by atoms with van der Waals surface area (Å²) >= 11 is 7.27. The van der Waals surface area contributed by atoms with Gasteiger partial charge < -0.3 is 0 Å². The van der Waals surface area contributed by atoms with E-state index in [1.807, 2.05) is 12.1 Å². The summed E-state index contributed by atoms with van der Waals surface area (Å²) in [5, 5.41) is 5.59. The van der Waals surface area contributed by atoms with Crippen LogP contribution in [0.3, 0.4) is 0 Å². The molecule has 4 nitrogen and oxygen atoms in total. The highest BCUT2D eigenvalue weighted by atomic mass is 35.5. The van der Waals surface area contributed by atoms with E-state index in [4.69, 9.17) is 11.6 Å². The van der Waals surface area contributed by atoms with Crippen molar-refractivity contribution < 1.29 is 13.6 Å². The Kier molecular flexibility index (Phi) is 5.29. The van der Waals surface area contributed by atoms with Crippen LogP contribution < -0.4 is 4.90 Å². The van der Waals surface area contributed by atoms with Gasteiger partial charge in [-0.3, -0.25) is 14.4 Å². The topological polar surface area (TPSA) is 38.1 Å². The number of carbonyl (C=O) groups is 1. The van der Waals surface area contributed by atoms with Gasteiger partial charge in [0.05, 0.1) is 11.4 Å². The van der Waals surface area contributed by atoms with Crippen LogP contribution in [0, 0.1) is 18.6 Å². The first-order chi connectivity index (χ1) is 12.4. The fourth-order valence-electron chi connectivity index (χ4n) is 2.54. The molecule has 8 heteroatoms. The van der Waals surface area contributed by atoms with Crippen molar-refractivity contribution in [1.29, 1.82) is 0 Å². The predicted octanol–water partition coefficient (Wildman–Crippen LogP) is 5.11. The number of benzene rings is 2. The molecule has 0 N–H and O–H groups in total. The van der Waals surface area contributed by atoms with Crippen LogP contribution in [-0.2, 0) is 11.8 Å². The van der Waals surface area contributed by atoms with Crippen LogP contribution in [-0.4, -0.2) is 16.2 Å². The number of carbonyl (C=O) groups excluding carboxylic acids is 1. The highest BCUT2D eigenvalue weighted by molar-refractivity contribution is 7.99. The SMILES string of the molecule is Cc1nn(C)c(Sc2ccc(Cl)cc2)c1N(C=O)c1ccc(F)cc1F. The molecule has 0 atom stereocenters. The van der Waals surface area contributed by atoms with Crippen molar-refractivity contribution >= 4 is 41.1 Å². The van der Waals surface area contributed by atoms with Crippen molar-refractivity contribution in [2.75, 3.05) is 4.90 Å². The maximum absolute atomic E-state index is 14.2. The third-order valence-electron chi connectivity index (χ3n) is 3.68. The van der Waals surface area contributed by atoms with E-state index in [0.717, 1.165) is 21.9 Å². The van der Waals surface area contributed by atoms with Crippen LogP contribution >= 0.6 is 23.4 Å². The van der Waals surface area contributed by atoms with Crippen molar-refractivity contribution in [1.82, 2.24) is 9.78 Å². The van der Waals surface area contributed by atoms with E-state index in [-0.39, 0.29) is 5.69 Å². The number of aryl methyl sites for hydroxylation is 2. The number of hydrogen-bond acceptors (Lipinski definition) is 3. The second-order valence-electron chi connectivity index (χ2n) is 5.49. The largest absolute Gasteiger partial charge is 0.278 e. The van der Waals surface area contributed by atoms with Gasteiger partial charge in [-0.05, 0) is 43.3 Å². The Hall–Kier alpha value is -2.38. The molecule has 134 valence electrons. The lowest BCUT2D eigenvalue weighted by molar-refractivity contribution is -0.106. The zero-order valence-electron chi connectivity index (χ0n) is 13.9. The first-order valence-electron chi connectivity index (χ1n) is 7.57. The number of aromatic nitrogens is 2. The van der Waals surface area contributed by atoms with Gasteiger partial charge >= 0.3 is 0 Å². The number of nitrogens with zero attached hydrogens (tertiary/aromatic N) is 3. The van der Waals surface area contributed by atoms with Crippen LogP contribution in [0.15, 0.2) is 52.4 Å². The standard InChI is InChI=1S/C18H14ClF2N3OS/c1-11-17(24(10-25)16-8-5-13(20)9-15(16)21)18(23(2)22-11)26-14-6-3-12(19)4-7-14/h3-10H,1-2H3. The molecule has 1 heterocycles. The molecule has 0 aliphatic rings. The first kappa shape index (κ1) is 18.4. The highest BCUT2D eigenvalue weighted by Crippen LogP contribution is 2.40. The van der Waals surface area contributed by atoms with Crippen LogP contribution in [0.4, 0.5) is 20.2 Å². The lowest BCUT2D eigenvalue weighted by atomic mass is 10.2. The lowest BCUT2D eigenvalue weighted by Gasteiger charge is -2.19.